The zero-order valence-electron chi connectivity index (χ0n) is 9.86. The number of hydrogen-bond acceptors (Lipinski definition) is 2. The number of rotatable bonds is 5. The van der Waals surface area contributed by atoms with Crippen molar-refractivity contribution in [3.63, 3.8) is 0 Å². The fourth-order valence-corrected chi connectivity index (χ4v) is 0.882. The first-order valence-corrected chi connectivity index (χ1v) is 4.91. The molecule has 0 aliphatic heterocycles. The van der Waals surface area contributed by atoms with Gasteiger partial charge in [0.25, 0.3) is 0 Å². The summed E-state index contributed by atoms with van der Waals surface area (Å²) in [5.74, 6) is 0. The maximum absolute atomic E-state index is 4.11. The average Bonchev–Trinajstić information content (AvgIpc) is 2.13. The van der Waals surface area contributed by atoms with Crippen molar-refractivity contribution in [1.82, 2.24) is 5.01 Å². The Balaban J connectivity index is 4.31. The highest BCUT2D eigenvalue weighted by Gasteiger charge is 2.08. The molecule has 0 N–H and O–H groups in total. The molecule has 0 aliphatic rings. The summed E-state index contributed by atoms with van der Waals surface area (Å²) in [5, 5.41) is 10.1. The molecule has 0 aliphatic carbocycles. The Morgan fingerprint density at radius 1 is 1.36 bits per heavy atom. The van der Waals surface area contributed by atoms with Gasteiger partial charge >= 0.3 is 0 Å². The van der Waals surface area contributed by atoms with Gasteiger partial charge in [0.1, 0.15) is 0 Å². The van der Waals surface area contributed by atoms with Gasteiger partial charge in [-0.15, -0.1) is 0 Å². The van der Waals surface area contributed by atoms with Crippen molar-refractivity contribution in [3.8, 4) is 0 Å². The molecule has 0 aromatic carbocycles. The minimum Gasteiger partial charge on any atom is -0.275 e. The molecular weight excluding hydrogens is 174 g/mol. The van der Waals surface area contributed by atoms with Crippen molar-refractivity contribution in [2.24, 2.45) is 10.3 Å². The monoisotopic (exact) mass is 195 g/mol. The Labute approximate surface area is 87.2 Å². The Morgan fingerprint density at radius 2 is 1.93 bits per heavy atom. The largest absolute Gasteiger partial charge is 0.275 e. The first-order chi connectivity index (χ1) is 6.49. The predicted molar refractivity (Wildman–Crippen MR) is 61.2 cm³/mol. The van der Waals surface area contributed by atoms with Gasteiger partial charge in [-0.3, -0.25) is 5.01 Å². The van der Waals surface area contributed by atoms with Crippen LogP contribution in [0.25, 0.3) is 0 Å². The number of hydrogen-bond donors (Lipinski definition) is 0. The lowest BCUT2D eigenvalue weighted by Gasteiger charge is -2.21. The molecule has 0 aromatic rings. The Kier molecular flexibility index (Phi) is 5.84. The molecule has 0 aromatic heterocycles. The summed E-state index contributed by atoms with van der Waals surface area (Å²) in [6.45, 7) is 11.8. The van der Waals surface area contributed by atoms with Crippen LogP contribution in [0.1, 0.15) is 27.7 Å². The van der Waals surface area contributed by atoms with Gasteiger partial charge in [-0.2, -0.15) is 5.11 Å². The molecule has 1 atom stereocenters. The highest BCUT2D eigenvalue weighted by molar-refractivity contribution is 5.12. The van der Waals surface area contributed by atoms with E-state index >= 15 is 0 Å². The summed E-state index contributed by atoms with van der Waals surface area (Å²) in [4.78, 5) is 0. The molecular formula is C11H21N3. The highest BCUT2D eigenvalue weighted by atomic mass is 15.5. The van der Waals surface area contributed by atoms with E-state index in [1.54, 1.807) is 6.08 Å². The van der Waals surface area contributed by atoms with Crippen LogP contribution in [0.15, 0.2) is 34.6 Å². The fraction of sp³-hybridized carbons (Fsp3) is 0.636. The molecule has 0 saturated heterocycles. The van der Waals surface area contributed by atoms with Gasteiger partial charge in [0.05, 0.1) is 12.1 Å². The second-order valence-corrected chi connectivity index (χ2v) is 3.69. The average molecular weight is 195 g/mol. The lowest BCUT2D eigenvalue weighted by molar-refractivity contribution is 0.274. The second-order valence-electron chi connectivity index (χ2n) is 3.69. The third-order valence-electron chi connectivity index (χ3n) is 2.02. The van der Waals surface area contributed by atoms with Crippen LogP contribution < -0.4 is 0 Å². The summed E-state index contributed by atoms with van der Waals surface area (Å²) in [6, 6.07) is 0.504. The lowest BCUT2D eigenvalue weighted by Crippen LogP contribution is -2.24. The molecule has 80 valence electrons. The van der Waals surface area contributed by atoms with E-state index in [4.69, 9.17) is 0 Å². The smallest absolute Gasteiger partial charge is 0.0673 e. The van der Waals surface area contributed by atoms with Crippen molar-refractivity contribution in [2.45, 2.75) is 39.8 Å². The van der Waals surface area contributed by atoms with Crippen LogP contribution in [0.4, 0.5) is 0 Å². The third-order valence-corrected chi connectivity index (χ3v) is 2.02. The quantitative estimate of drug-likeness (QED) is 0.376. The minimum atomic E-state index is 0.244. The van der Waals surface area contributed by atoms with Crippen LogP contribution >= 0.6 is 0 Å². The van der Waals surface area contributed by atoms with E-state index in [1.165, 1.54) is 5.57 Å². The molecule has 0 bridgehead atoms. The van der Waals surface area contributed by atoms with Gasteiger partial charge in [0.15, 0.2) is 0 Å². The van der Waals surface area contributed by atoms with Gasteiger partial charge in [-0.05, 0) is 33.3 Å². The number of allylic oxidation sites excluding steroid dienone is 2. The third kappa shape index (κ3) is 4.80. The van der Waals surface area contributed by atoms with E-state index < -0.39 is 0 Å². The van der Waals surface area contributed by atoms with Gasteiger partial charge in [-0.25, -0.2) is 0 Å². The van der Waals surface area contributed by atoms with E-state index in [0.29, 0.717) is 0 Å². The molecule has 0 radical (unpaired) electrons. The van der Waals surface area contributed by atoms with Crippen LogP contribution in [0.2, 0.25) is 0 Å². The molecule has 0 fully saturated rings. The zero-order valence-corrected chi connectivity index (χ0v) is 9.86. The van der Waals surface area contributed by atoms with Gasteiger partial charge in [0.2, 0.25) is 0 Å². The molecule has 0 spiro atoms. The minimum absolute atomic E-state index is 0.244. The Bertz CT molecular complexity index is 229. The van der Waals surface area contributed by atoms with Crippen molar-refractivity contribution in [3.05, 3.63) is 24.3 Å². The summed E-state index contributed by atoms with van der Waals surface area (Å²) in [6.07, 6.45) is 3.78. The number of nitrogens with zero attached hydrogens (tertiary/aromatic N) is 3. The van der Waals surface area contributed by atoms with Crippen LogP contribution in [-0.4, -0.2) is 24.1 Å². The lowest BCUT2D eigenvalue weighted by atomic mass is 10.1. The Morgan fingerprint density at radius 3 is 2.36 bits per heavy atom. The van der Waals surface area contributed by atoms with Crippen LogP contribution in [-0.2, 0) is 0 Å². The van der Waals surface area contributed by atoms with E-state index in [-0.39, 0.29) is 12.1 Å². The first-order valence-electron chi connectivity index (χ1n) is 4.91. The second kappa shape index (κ2) is 6.35. The van der Waals surface area contributed by atoms with Crippen LogP contribution in [0.3, 0.4) is 0 Å². The maximum Gasteiger partial charge on any atom is 0.0673 e. The zero-order chi connectivity index (χ0) is 11.1. The first kappa shape index (κ1) is 12.9. The van der Waals surface area contributed by atoms with Crippen molar-refractivity contribution in [1.29, 1.82) is 0 Å². The number of likely N-dealkylation sites (N-methyl/N-ethyl adjacent to an activating group) is 1. The van der Waals surface area contributed by atoms with Crippen molar-refractivity contribution < 1.29 is 0 Å². The van der Waals surface area contributed by atoms with Gasteiger partial charge in [0, 0.05) is 7.05 Å². The maximum atomic E-state index is 4.11. The summed E-state index contributed by atoms with van der Waals surface area (Å²) < 4.78 is 0. The SMILES string of the molecule is C=C/C=C(/C)[C@@H](C)N(C)/N=N\C(C)C. The van der Waals surface area contributed by atoms with Crippen molar-refractivity contribution in [2.75, 3.05) is 7.05 Å². The van der Waals surface area contributed by atoms with Gasteiger partial charge < -0.3 is 0 Å². The van der Waals surface area contributed by atoms with E-state index in [9.17, 15) is 0 Å². The standard InChI is InChI=1S/C11H21N3/c1-7-8-10(4)11(5)14(6)13-12-9(2)3/h7-9,11H,1H2,2-6H3/b10-8-,13-12-/t11-/m1/s1. The molecule has 0 rings (SSSR count). The molecule has 0 amide bonds. The molecule has 14 heavy (non-hydrogen) atoms. The van der Waals surface area contributed by atoms with E-state index in [1.807, 2.05) is 32.0 Å². The topological polar surface area (TPSA) is 28.0 Å². The highest BCUT2D eigenvalue weighted by Crippen LogP contribution is 2.09. The van der Waals surface area contributed by atoms with Gasteiger partial charge in [-0.1, -0.05) is 24.0 Å². The summed E-state index contributed by atoms with van der Waals surface area (Å²) in [5.41, 5.74) is 1.23. The summed E-state index contributed by atoms with van der Waals surface area (Å²) in [7, 11) is 1.93. The fourth-order valence-electron chi connectivity index (χ4n) is 0.882. The van der Waals surface area contributed by atoms with Crippen molar-refractivity contribution >= 4 is 0 Å². The molecule has 0 saturated carbocycles. The van der Waals surface area contributed by atoms with Crippen LogP contribution in [0.5, 0.6) is 0 Å². The van der Waals surface area contributed by atoms with E-state index in [2.05, 4.69) is 30.8 Å². The predicted octanol–water partition coefficient (Wildman–Crippen LogP) is 3.21. The molecule has 0 heterocycles. The molecule has 3 heteroatoms. The normalized spacial score (nSPS) is 14.9. The molecule has 0 unspecified atom stereocenters. The molecule has 3 nitrogen and oxygen atoms in total. The van der Waals surface area contributed by atoms with Crippen LogP contribution in [0, 0.1) is 0 Å². The summed E-state index contributed by atoms with van der Waals surface area (Å²) >= 11 is 0. The Hall–Kier alpha value is -1.12. The van der Waals surface area contributed by atoms with E-state index in [0.717, 1.165) is 0 Å².